The molecule has 0 unspecified atom stereocenters. The second kappa shape index (κ2) is 5.83. The Kier molecular flexibility index (Phi) is 3.33. The van der Waals surface area contributed by atoms with Gasteiger partial charge in [-0.3, -0.25) is 4.79 Å². The van der Waals surface area contributed by atoms with Crippen LogP contribution in [0.2, 0.25) is 0 Å². The number of aromatic nitrogens is 5. The molecular formula is C16H15N7O3. The third-order valence-corrected chi connectivity index (χ3v) is 4.57. The van der Waals surface area contributed by atoms with E-state index in [4.69, 9.17) is 9.47 Å². The molecule has 1 aromatic carbocycles. The maximum Gasteiger partial charge on any atom is 0.254 e. The normalized spacial score (nSPS) is 16.3. The van der Waals surface area contributed by atoms with Crippen LogP contribution in [-0.4, -0.2) is 69.0 Å². The van der Waals surface area contributed by atoms with E-state index >= 15 is 0 Å². The highest BCUT2D eigenvalue weighted by Crippen LogP contribution is 2.32. The van der Waals surface area contributed by atoms with E-state index in [1.165, 1.54) is 4.63 Å². The molecule has 10 nitrogen and oxygen atoms in total. The number of rotatable bonds is 2. The van der Waals surface area contributed by atoms with Gasteiger partial charge < -0.3 is 19.3 Å². The van der Waals surface area contributed by atoms with Crippen LogP contribution < -0.4 is 14.4 Å². The number of tetrazole rings is 1. The van der Waals surface area contributed by atoms with Crippen LogP contribution in [0.1, 0.15) is 10.4 Å². The smallest absolute Gasteiger partial charge is 0.254 e. The van der Waals surface area contributed by atoms with Crippen LogP contribution in [0.5, 0.6) is 11.5 Å². The van der Waals surface area contributed by atoms with Crippen molar-refractivity contribution in [2.24, 2.45) is 0 Å². The van der Waals surface area contributed by atoms with E-state index in [1.807, 2.05) is 17.0 Å². The molecule has 0 N–H and O–H groups in total. The highest BCUT2D eigenvalue weighted by Gasteiger charge is 2.25. The predicted molar refractivity (Wildman–Crippen MR) is 89.3 cm³/mol. The van der Waals surface area contributed by atoms with Crippen LogP contribution in [0, 0.1) is 0 Å². The molecule has 0 aliphatic carbocycles. The molecular weight excluding hydrogens is 338 g/mol. The number of carbonyl (C=O) groups excluding carboxylic acids is 1. The molecule has 0 spiro atoms. The summed E-state index contributed by atoms with van der Waals surface area (Å²) in [5.41, 5.74) is 1.21. The van der Waals surface area contributed by atoms with Crippen molar-refractivity contribution >= 4 is 17.4 Å². The van der Waals surface area contributed by atoms with Gasteiger partial charge in [-0.25, -0.2) is 0 Å². The Hall–Kier alpha value is -3.43. The third kappa shape index (κ3) is 2.46. The fourth-order valence-corrected chi connectivity index (χ4v) is 3.16. The van der Waals surface area contributed by atoms with Gasteiger partial charge in [-0.15, -0.1) is 14.8 Å². The van der Waals surface area contributed by atoms with Gasteiger partial charge in [0.2, 0.25) is 6.79 Å². The Morgan fingerprint density at radius 1 is 1.00 bits per heavy atom. The number of hydrogen-bond acceptors (Lipinski definition) is 8. The van der Waals surface area contributed by atoms with E-state index in [0.29, 0.717) is 48.9 Å². The third-order valence-electron chi connectivity index (χ3n) is 4.57. The number of amides is 1. The zero-order valence-electron chi connectivity index (χ0n) is 13.8. The second-order valence-corrected chi connectivity index (χ2v) is 6.07. The van der Waals surface area contributed by atoms with Crippen LogP contribution in [-0.2, 0) is 0 Å². The Bertz CT molecular complexity index is 981. The predicted octanol–water partition coefficient (Wildman–Crippen LogP) is 0.210. The second-order valence-electron chi connectivity index (χ2n) is 6.07. The molecule has 5 rings (SSSR count). The van der Waals surface area contributed by atoms with Crippen LogP contribution in [0.3, 0.4) is 0 Å². The monoisotopic (exact) mass is 353 g/mol. The SMILES string of the molecule is O=C(c1ccc2c(c1)OCO2)N1CCN(c2ccc3nnnn3n2)CC1. The van der Waals surface area contributed by atoms with Crippen molar-refractivity contribution in [2.45, 2.75) is 0 Å². The van der Waals surface area contributed by atoms with Crippen molar-refractivity contribution in [3.05, 3.63) is 35.9 Å². The van der Waals surface area contributed by atoms with Crippen LogP contribution in [0.4, 0.5) is 5.82 Å². The quantitative estimate of drug-likeness (QED) is 0.645. The number of hydrogen-bond donors (Lipinski definition) is 0. The first-order valence-corrected chi connectivity index (χ1v) is 8.27. The molecule has 0 atom stereocenters. The summed E-state index contributed by atoms with van der Waals surface area (Å²) in [6.07, 6.45) is 0. The summed E-state index contributed by atoms with van der Waals surface area (Å²) >= 11 is 0. The molecule has 2 aliphatic heterocycles. The van der Waals surface area contributed by atoms with Crippen LogP contribution in [0.15, 0.2) is 30.3 Å². The fourth-order valence-electron chi connectivity index (χ4n) is 3.16. The zero-order valence-corrected chi connectivity index (χ0v) is 13.8. The molecule has 2 aliphatic rings. The minimum atomic E-state index is -0.00756. The van der Waals surface area contributed by atoms with Gasteiger partial charge in [0, 0.05) is 31.7 Å². The van der Waals surface area contributed by atoms with Crippen molar-refractivity contribution in [1.29, 1.82) is 0 Å². The molecule has 4 heterocycles. The molecule has 26 heavy (non-hydrogen) atoms. The van der Waals surface area contributed by atoms with Gasteiger partial charge in [-0.05, 0) is 40.8 Å². The van der Waals surface area contributed by atoms with Gasteiger partial charge in [0.1, 0.15) is 0 Å². The Morgan fingerprint density at radius 2 is 1.85 bits per heavy atom. The Labute approximate surface area is 147 Å². The first-order chi connectivity index (χ1) is 12.8. The number of nitrogens with zero attached hydrogens (tertiary/aromatic N) is 7. The maximum atomic E-state index is 12.7. The maximum absolute atomic E-state index is 12.7. The van der Waals surface area contributed by atoms with Gasteiger partial charge in [-0.2, -0.15) is 0 Å². The molecule has 1 amide bonds. The zero-order chi connectivity index (χ0) is 17.5. The van der Waals surface area contributed by atoms with Crippen molar-refractivity contribution in [2.75, 3.05) is 37.9 Å². The van der Waals surface area contributed by atoms with Gasteiger partial charge >= 0.3 is 0 Å². The summed E-state index contributed by atoms with van der Waals surface area (Å²) in [4.78, 5) is 16.7. The molecule has 10 heteroatoms. The average Bonchev–Trinajstić information content (AvgIpc) is 3.35. The Morgan fingerprint density at radius 3 is 2.73 bits per heavy atom. The average molecular weight is 353 g/mol. The summed E-state index contributed by atoms with van der Waals surface area (Å²) in [5.74, 6) is 2.08. The number of ether oxygens (including phenoxy) is 2. The topological polar surface area (TPSA) is 98.0 Å². The van der Waals surface area contributed by atoms with Crippen molar-refractivity contribution in [3.8, 4) is 11.5 Å². The van der Waals surface area contributed by atoms with E-state index in [9.17, 15) is 4.79 Å². The fraction of sp³-hybridized carbons (Fsp3) is 0.312. The van der Waals surface area contributed by atoms with E-state index in [0.717, 1.165) is 5.82 Å². The van der Waals surface area contributed by atoms with Gasteiger partial charge in [-0.1, -0.05) is 0 Å². The minimum Gasteiger partial charge on any atom is -0.454 e. The van der Waals surface area contributed by atoms with Crippen LogP contribution >= 0.6 is 0 Å². The number of anilines is 1. The summed E-state index contributed by atoms with van der Waals surface area (Å²) in [6.45, 7) is 2.81. The lowest BCUT2D eigenvalue weighted by Crippen LogP contribution is -2.49. The van der Waals surface area contributed by atoms with E-state index in [-0.39, 0.29) is 12.7 Å². The largest absolute Gasteiger partial charge is 0.454 e. The van der Waals surface area contributed by atoms with Gasteiger partial charge in [0.15, 0.2) is 23.0 Å². The highest BCUT2D eigenvalue weighted by atomic mass is 16.7. The molecule has 3 aromatic rings. The first kappa shape index (κ1) is 14.9. The summed E-state index contributed by atoms with van der Waals surface area (Å²) in [7, 11) is 0. The number of benzene rings is 1. The Balaban J connectivity index is 1.28. The molecule has 2 aromatic heterocycles. The summed E-state index contributed by atoms with van der Waals surface area (Å²) < 4.78 is 12.0. The van der Waals surface area contributed by atoms with Crippen molar-refractivity contribution in [3.63, 3.8) is 0 Å². The van der Waals surface area contributed by atoms with Crippen molar-refractivity contribution < 1.29 is 14.3 Å². The van der Waals surface area contributed by atoms with Gasteiger partial charge in [0.25, 0.3) is 5.91 Å². The molecule has 1 fully saturated rings. The highest BCUT2D eigenvalue weighted by molar-refractivity contribution is 5.95. The van der Waals surface area contributed by atoms with E-state index in [1.54, 1.807) is 18.2 Å². The number of piperazine rings is 1. The lowest BCUT2D eigenvalue weighted by Gasteiger charge is -2.35. The van der Waals surface area contributed by atoms with E-state index < -0.39 is 0 Å². The molecule has 132 valence electrons. The van der Waals surface area contributed by atoms with Crippen LogP contribution in [0.25, 0.3) is 5.65 Å². The molecule has 1 saturated heterocycles. The summed E-state index contributed by atoms with van der Waals surface area (Å²) in [6, 6.07) is 9.00. The van der Waals surface area contributed by atoms with E-state index in [2.05, 4.69) is 25.5 Å². The molecule has 0 radical (unpaired) electrons. The number of fused-ring (bicyclic) bond motifs is 2. The molecule has 0 saturated carbocycles. The lowest BCUT2D eigenvalue weighted by atomic mass is 10.1. The lowest BCUT2D eigenvalue weighted by molar-refractivity contribution is 0.0746. The van der Waals surface area contributed by atoms with Crippen molar-refractivity contribution in [1.82, 2.24) is 30.2 Å². The first-order valence-electron chi connectivity index (χ1n) is 8.27. The minimum absolute atomic E-state index is 0.00756. The standard InChI is InChI=1S/C16H15N7O3/c24-16(11-1-2-12-13(9-11)26-10-25-12)22-7-5-21(6-8-22)15-4-3-14-17-19-20-23(14)18-15/h1-4,9H,5-8,10H2. The number of carbonyl (C=O) groups is 1. The van der Waals surface area contributed by atoms with Gasteiger partial charge in [0.05, 0.1) is 0 Å². The summed E-state index contributed by atoms with van der Waals surface area (Å²) in [5, 5.41) is 15.7. The molecule has 0 bridgehead atoms.